The van der Waals surface area contributed by atoms with E-state index in [1.54, 1.807) is 0 Å². The van der Waals surface area contributed by atoms with Crippen molar-refractivity contribution in [2.75, 3.05) is 24.5 Å². The van der Waals surface area contributed by atoms with E-state index < -0.39 is 23.7 Å². The molecule has 2 atom stereocenters. The smallest absolute Gasteiger partial charge is 0.370 e. The number of nitrogens with zero attached hydrogens (tertiary/aromatic N) is 7. The van der Waals surface area contributed by atoms with Crippen molar-refractivity contribution in [3.63, 3.8) is 0 Å². The lowest BCUT2D eigenvalue weighted by atomic mass is 9.85. The van der Waals surface area contributed by atoms with Gasteiger partial charge in [0.25, 0.3) is 0 Å². The Morgan fingerprint density at radius 2 is 2.00 bits per heavy atom. The summed E-state index contributed by atoms with van der Waals surface area (Å²) in [7, 11) is 0. The van der Waals surface area contributed by atoms with Gasteiger partial charge in [0.2, 0.25) is 11.7 Å². The fraction of sp³-hybridized carbons (Fsp3) is 0.417. The van der Waals surface area contributed by atoms with Gasteiger partial charge < -0.3 is 14.4 Å². The average molecular weight is 515 g/mol. The SMILES string of the molecule is C[C@@H]1CN(c2c(C#N)cnc3c(F)cc(C=O)cc23)CC[C@@H]1C(=O)N1CCn2c(nnc2C(F)(F)F)C1. The first kappa shape index (κ1) is 24.6. The predicted octanol–water partition coefficient (Wildman–Crippen LogP) is 3.17. The molecule has 0 aliphatic carbocycles. The van der Waals surface area contributed by atoms with Crippen LogP contribution in [-0.2, 0) is 24.1 Å². The van der Waals surface area contributed by atoms with E-state index >= 15 is 0 Å². The molecule has 0 radical (unpaired) electrons. The number of hydrogen-bond acceptors (Lipinski definition) is 7. The average Bonchev–Trinajstić information content (AvgIpc) is 3.31. The van der Waals surface area contributed by atoms with Crippen LogP contribution in [-0.4, -0.2) is 56.5 Å². The summed E-state index contributed by atoms with van der Waals surface area (Å²) < 4.78 is 55.0. The quantitative estimate of drug-likeness (QED) is 0.390. The highest BCUT2D eigenvalue weighted by Gasteiger charge is 2.41. The normalized spacial score (nSPS) is 20.0. The number of piperidine rings is 1. The maximum atomic E-state index is 14.6. The van der Waals surface area contributed by atoms with Gasteiger partial charge in [-0.1, -0.05) is 6.92 Å². The molecule has 3 aromatic rings. The van der Waals surface area contributed by atoms with Crippen molar-refractivity contribution in [2.24, 2.45) is 11.8 Å². The summed E-state index contributed by atoms with van der Waals surface area (Å²) in [6, 6.07) is 4.66. The molecule has 0 saturated carbocycles. The van der Waals surface area contributed by atoms with Gasteiger partial charge in [0, 0.05) is 49.2 Å². The first-order valence-corrected chi connectivity index (χ1v) is 11.6. The Morgan fingerprint density at radius 3 is 2.68 bits per heavy atom. The molecule has 37 heavy (non-hydrogen) atoms. The standard InChI is InChI=1S/C24H21F4N7O2/c1-13-10-33(21-15(8-29)9-30-20-17(21)6-14(12-36)7-18(20)25)3-2-16(13)22(37)34-4-5-35-19(11-34)31-32-23(35)24(26,27)28/h6-7,9,12-13,16H,2-5,10-11H2,1H3/t13-,16+/m1/s1. The van der Waals surface area contributed by atoms with E-state index in [9.17, 15) is 32.4 Å². The van der Waals surface area contributed by atoms with Crippen molar-refractivity contribution in [1.82, 2.24) is 24.6 Å². The summed E-state index contributed by atoms with van der Waals surface area (Å²) in [5.74, 6) is -2.40. The van der Waals surface area contributed by atoms with E-state index in [2.05, 4.69) is 21.3 Å². The van der Waals surface area contributed by atoms with Crippen LogP contribution in [0.15, 0.2) is 18.3 Å². The molecule has 2 aromatic heterocycles. The van der Waals surface area contributed by atoms with Gasteiger partial charge in [0.05, 0.1) is 17.8 Å². The van der Waals surface area contributed by atoms with Crippen molar-refractivity contribution < 1.29 is 27.2 Å². The number of amides is 1. The second kappa shape index (κ2) is 9.10. The van der Waals surface area contributed by atoms with Crippen molar-refractivity contribution >= 4 is 28.8 Å². The molecule has 1 amide bonds. The van der Waals surface area contributed by atoms with E-state index in [0.29, 0.717) is 36.9 Å². The highest BCUT2D eigenvalue weighted by atomic mass is 19.4. The number of carbonyl (C=O) groups is 2. The Balaban J connectivity index is 1.37. The lowest BCUT2D eigenvalue weighted by Gasteiger charge is -2.40. The fourth-order valence-electron chi connectivity index (χ4n) is 5.26. The van der Waals surface area contributed by atoms with Crippen LogP contribution in [0, 0.1) is 29.0 Å². The Morgan fingerprint density at radius 1 is 1.22 bits per heavy atom. The molecule has 0 unspecified atom stereocenters. The van der Waals surface area contributed by atoms with E-state index in [1.807, 2.05) is 11.8 Å². The number of aromatic nitrogens is 4. The number of hydrogen-bond donors (Lipinski definition) is 0. The monoisotopic (exact) mass is 515 g/mol. The molecular weight excluding hydrogens is 494 g/mol. The van der Waals surface area contributed by atoms with Crippen molar-refractivity contribution in [3.8, 4) is 6.07 Å². The van der Waals surface area contributed by atoms with Crippen LogP contribution in [0.2, 0.25) is 0 Å². The van der Waals surface area contributed by atoms with Crippen LogP contribution in [0.1, 0.15) is 40.9 Å². The molecule has 1 fully saturated rings. The second-order valence-corrected chi connectivity index (χ2v) is 9.32. The van der Waals surface area contributed by atoms with Gasteiger partial charge in [0.15, 0.2) is 5.82 Å². The highest BCUT2D eigenvalue weighted by molar-refractivity contribution is 5.98. The Labute approximate surface area is 208 Å². The highest BCUT2D eigenvalue weighted by Crippen LogP contribution is 2.36. The molecule has 2 aliphatic rings. The van der Waals surface area contributed by atoms with Crippen molar-refractivity contribution in [3.05, 3.63) is 46.9 Å². The topological polar surface area (TPSA) is 108 Å². The van der Waals surface area contributed by atoms with Gasteiger partial charge in [-0.3, -0.25) is 14.6 Å². The lowest BCUT2D eigenvalue weighted by molar-refractivity contribution is -0.148. The third-order valence-corrected chi connectivity index (χ3v) is 7.03. The Bertz CT molecular complexity index is 1450. The van der Waals surface area contributed by atoms with Gasteiger partial charge in [0.1, 0.15) is 23.7 Å². The van der Waals surface area contributed by atoms with Crippen LogP contribution in [0.4, 0.5) is 23.2 Å². The molecule has 0 spiro atoms. The van der Waals surface area contributed by atoms with Crippen LogP contribution in [0.5, 0.6) is 0 Å². The molecule has 4 heterocycles. The summed E-state index contributed by atoms with van der Waals surface area (Å²) >= 11 is 0. The Kier molecular flexibility index (Phi) is 6.05. The van der Waals surface area contributed by atoms with Gasteiger partial charge in [-0.2, -0.15) is 18.4 Å². The number of fused-ring (bicyclic) bond motifs is 2. The summed E-state index contributed by atoms with van der Waals surface area (Å²) in [5.41, 5.74) is 0.843. The maximum absolute atomic E-state index is 14.6. The third-order valence-electron chi connectivity index (χ3n) is 7.03. The van der Waals surface area contributed by atoms with Gasteiger partial charge in [-0.15, -0.1) is 10.2 Å². The molecular formula is C24H21F4N7O2. The molecule has 1 saturated heterocycles. The minimum absolute atomic E-state index is 0.0427. The maximum Gasteiger partial charge on any atom is 0.451 e. The predicted molar refractivity (Wildman–Crippen MR) is 122 cm³/mol. The van der Waals surface area contributed by atoms with E-state index in [-0.39, 0.29) is 53.9 Å². The van der Waals surface area contributed by atoms with Crippen LogP contribution in [0.3, 0.4) is 0 Å². The van der Waals surface area contributed by atoms with Crippen molar-refractivity contribution in [2.45, 2.75) is 32.6 Å². The van der Waals surface area contributed by atoms with Gasteiger partial charge >= 0.3 is 6.18 Å². The third kappa shape index (κ3) is 4.26. The second-order valence-electron chi connectivity index (χ2n) is 9.32. The number of pyridine rings is 1. The minimum Gasteiger partial charge on any atom is -0.370 e. The zero-order valence-corrected chi connectivity index (χ0v) is 19.7. The van der Waals surface area contributed by atoms with Gasteiger partial charge in [-0.05, 0) is 24.5 Å². The van der Waals surface area contributed by atoms with Gasteiger partial charge in [-0.25, -0.2) is 4.39 Å². The lowest BCUT2D eigenvalue weighted by Crippen LogP contribution is -2.49. The number of carbonyl (C=O) groups excluding carboxylic acids is 2. The molecule has 0 N–H and O–H groups in total. The summed E-state index contributed by atoms with van der Waals surface area (Å²) in [6.07, 6.45) is -2.38. The first-order valence-electron chi connectivity index (χ1n) is 11.6. The molecule has 192 valence electrons. The van der Waals surface area contributed by atoms with Crippen LogP contribution in [0.25, 0.3) is 10.9 Å². The number of nitriles is 1. The summed E-state index contributed by atoms with van der Waals surface area (Å²) in [5, 5.41) is 16.9. The molecule has 13 heteroatoms. The number of alkyl halides is 3. The number of anilines is 1. The van der Waals surface area contributed by atoms with Crippen LogP contribution >= 0.6 is 0 Å². The summed E-state index contributed by atoms with van der Waals surface area (Å²) in [4.78, 5) is 32.1. The first-order chi connectivity index (χ1) is 17.6. The zero-order chi connectivity index (χ0) is 26.5. The zero-order valence-electron chi connectivity index (χ0n) is 19.7. The number of aldehydes is 1. The summed E-state index contributed by atoms with van der Waals surface area (Å²) in [6.45, 7) is 2.64. The largest absolute Gasteiger partial charge is 0.451 e. The van der Waals surface area contributed by atoms with Crippen LogP contribution < -0.4 is 4.90 Å². The van der Waals surface area contributed by atoms with E-state index in [0.717, 1.165) is 10.6 Å². The number of rotatable bonds is 3. The molecule has 9 nitrogen and oxygen atoms in total. The van der Waals surface area contributed by atoms with Crippen molar-refractivity contribution in [1.29, 1.82) is 5.26 Å². The molecule has 0 bridgehead atoms. The molecule has 1 aromatic carbocycles. The Hall–Kier alpha value is -4.08. The number of benzene rings is 1. The van der Waals surface area contributed by atoms with E-state index in [1.165, 1.54) is 17.2 Å². The minimum atomic E-state index is -4.62. The molecule has 2 aliphatic heterocycles. The molecule has 5 rings (SSSR count). The fourth-order valence-corrected chi connectivity index (χ4v) is 5.26. The van der Waals surface area contributed by atoms with E-state index in [4.69, 9.17) is 0 Å². The number of halogens is 4.